The average Bonchev–Trinajstić information content (AvgIpc) is 2.77. The molecule has 0 aliphatic rings. The Morgan fingerprint density at radius 2 is 1.21 bits per heavy atom. The number of carbonyl (C=O) groups is 1. The summed E-state index contributed by atoms with van der Waals surface area (Å²) in [5.41, 5.74) is 2.44. The summed E-state index contributed by atoms with van der Waals surface area (Å²) in [5, 5.41) is 0. The smallest absolute Gasteiger partial charge is 0.331 e. The summed E-state index contributed by atoms with van der Waals surface area (Å²) in [5.74, 6) is -0.194. The van der Waals surface area contributed by atoms with E-state index < -0.39 is 5.54 Å². The van der Waals surface area contributed by atoms with Crippen LogP contribution in [0.15, 0.2) is 91.0 Å². The first-order valence-corrected chi connectivity index (χ1v) is 10.3. The molecule has 0 amide bonds. The third-order valence-corrected chi connectivity index (χ3v) is 5.35. The molecule has 150 valence electrons. The van der Waals surface area contributed by atoms with E-state index in [1.165, 1.54) is 11.1 Å². The fourth-order valence-electron chi connectivity index (χ4n) is 3.90. The Hall–Kier alpha value is -2.91. The SMILES string of the molecule is CCOC(=O)C(CC)(c1ccccc1)N(Cc1ccccc1)Cc1ccccc1. The molecular formula is C26H29NO2. The maximum atomic E-state index is 13.5. The maximum absolute atomic E-state index is 13.5. The molecule has 0 aromatic heterocycles. The van der Waals surface area contributed by atoms with E-state index in [0.717, 1.165) is 5.56 Å². The molecule has 3 heteroatoms. The Morgan fingerprint density at radius 1 is 0.759 bits per heavy atom. The minimum Gasteiger partial charge on any atom is -0.464 e. The van der Waals surface area contributed by atoms with Crippen LogP contribution in [0.25, 0.3) is 0 Å². The Balaban J connectivity index is 2.11. The van der Waals surface area contributed by atoms with Crippen LogP contribution in [0.2, 0.25) is 0 Å². The summed E-state index contributed by atoms with van der Waals surface area (Å²) in [7, 11) is 0. The van der Waals surface area contributed by atoms with Gasteiger partial charge in [-0.3, -0.25) is 4.90 Å². The van der Waals surface area contributed by atoms with Crippen molar-refractivity contribution in [2.24, 2.45) is 0 Å². The van der Waals surface area contributed by atoms with E-state index in [1.807, 2.05) is 73.7 Å². The normalized spacial score (nSPS) is 13.1. The fourth-order valence-corrected chi connectivity index (χ4v) is 3.90. The fraction of sp³-hybridized carbons (Fsp3) is 0.269. The summed E-state index contributed by atoms with van der Waals surface area (Å²) in [6.07, 6.45) is 0.621. The van der Waals surface area contributed by atoms with Gasteiger partial charge in [0.15, 0.2) is 0 Å². The van der Waals surface area contributed by atoms with Crippen molar-refractivity contribution in [2.45, 2.75) is 38.9 Å². The largest absolute Gasteiger partial charge is 0.464 e. The molecule has 0 aliphatic carbocycles. The van der Waals surface area contributed by atoms with Crippen LogP contribution in [-0.4, -0.2) is 17.5 Å². The predicted octanol–water partition coefficient (Wildman–Crippen LogP) is 5.56. The van der Waals surface area contributed by atoms with Crippen LogP contribution < -0.4 is 0 Å². The second-order valence-corrected chi connectivity index (χ2v) is 7.13. The molecule has 1 atom stereocenters. The standard InChI is InChI=1S/C26H29NO2/c1-3-26(25(28)29-4-2,24-18-12-7-13-19-24)27(20-22-14-8-5-9-15-22)21-23-16-10-6-11-17-23/h5-19H,3-4,20-21H2,1-2H3. The summed E-state index contributed by atoms with van der Waals surface area (Å²) < 4.78 is 5.63. The van der Waals surface area contributed by atoms with E-state index in [9.17, 15) is 4.79 Å². The molecule has 3 aromatic rings. The lowest BCUT2D eigenvalue weighted by atomic mass is 9.84. The summed E-state index contributed by atoms with van der Waals surface area (Å²) >= 11 is 0. The first kappa shape index (κ1) is 20.8. The highest BCUT2D eigenvalue weighted by molar-refractivity contribution is 5.82. The van der Waals surface area contributed by atoms with Gasteiger partial charge in [-0.05, 0) is 30.0 Å². The Bertz CT molecular complexity index is 839. The second-order valence-electron chi connectivity index (χ2n) is 7.13. The van der Waals surface area contributed by atoms with E-state index in [4.69, 9.17) is 4.74 Å². The van der Waals surface area contributed by atoms with Crippen molar-refractivity contribution in [1.29, 1.82) is 0 Å². The molecule has 29 heavy (non-hydrogen) atoms. The van der Waals surface area contributed by atoms with Crippen molar-refractivity contribution in [2.75, 3.05) is 6.61 Å². The lowest BCUT2D eigenvalue weighted by molar-refractivity contribution is -0.161. The number of ether oxygens (including phenoxy) is 1. The average molecular weight is 388 g/mol. The van der Waals surface area contributed by atoms with Gasteiger partial charge in [-0.25, -0.2) is 4.79 Å². The van der Waals surface area contributed by atoms with Crippen LogP contribution in [0.5, 0.6) is 0 Å². The summed E-state index contributed by atoms with van der Waals surface area (Å²) in [4.78, 5) is 15.7. The monoisotopic (exact) mass is 387 g/mol. The quantitative estimate of drug-likeness (QED) is 0.450. The van der Waals surface area contributed by atoms with Crippen molar-refractivity contribution < 1.29 is 9.53 Å². The third-order valence-electron chi connectivity index (χ3n) is 5.35. The minimum absolute atomic E-state index is 0.194. The van der Waals surface area contributed by atoms with Crippen LogP contribution >= 0.6 is 0 Å². The molecule has 3 nitrogen and oxygen atoms in total. The molecule has 0 N–H and O–H groups in total. The molecule has 0 aliphatic heterocycles. The zero-order valence-corrected chi connectivity index (χ0v) is 17.3. The molecular weight excluding hydrogens is 358 g/mol. The van der Waals surface area contributed by atoms with Crippen LogP contribution in [0, 0.1) is 0 Å². The van der Waals surface area contributed by atoms with Crippen molar-refractivity contribution in [3.8, 4) is 0 Å². The van der Waals surface area contributed by atoms with Gasteiger partial charge in [-0.15, -0.1) is 0 Å². The molecule has 0 radical (unpaired) electrons. The van der Waals surface area contributed by atoms with Crippen molar-refractivity contribution in [3.05, 3.63) is 108 Å². The Kier molecular flexibility index (Phi) is 7.20. The lowest BCUT2D eigenvalue weighted by Crippen LogP contribution is -2.51. The van der Waals surface area contributed by atoms with Gasteiger partial charge >= 0.3 is 5.97 Å². The van der Waals surface area contributed by atoms with E-state index in [0.29, 0.717) is 26.1 Å². The van der Waals surface area contributed by atoms with Crippen LogP contribution in [0.3, 0.4) is 0 Å². The van der Waals surface area contributed by atoms with Gasteiger partial charge in [0, 0.05) is 13.1 Å². The predicted molar refractivity (Wildman–Crippen MR) is 117 cm³/mol. The topological polar surface area (TPSA) is 29.5 Å². The van der Waals surface area contributed by atoms with E-state index >= 15 is 0 Å². The zero-order chi connectivity index (χ0) is 20.5. The highest BCUT2D eigenvalue weighted by Crippen LogP contribution is 2.36. The highest BCUT2D eigenvalue weighted by atomic mass is 16.5. The number of hydrogen-bond donors (Lipinski definition) is 0. The van der Waals surface area contributed by atoms with E-state index in [-0.39, 0.29) is 5.97 Å². The van der Waals surface area contributed by atoms with Gasteiger partial charge < -0.3 is 4.74 Å². The number of hydrogen-bond acceptors (Lipinski definition) is 3. The van der Waals surface area contributed by atoms with Crippen LogP contribution in [-0.2, 0) is 28.2 Å². The van der Waals surface area contributed by atoms with Crippen molar-refractivity contribution in [1.82, 2.24) is 4.90 Å². The second kappa shape index (κ2) is 10.0. The van der Waals surface area contributed by atoms with E-state index in [2.05, 4.69) is 36.1 Å². The van der Waals surface area contributed by atoms with Gasteiger partial charge in [-0.1, -0.05) is 97.9 Å². The summed E-state index contributed by atoms with van der Waals surface area (Å²) in [6.45, 7) is 5.58. The molecule has 0 fully saturated rings. The maximum Gasteiger partial charge on any atom is 0.331 e. The molecule has 0 bridgehead atoms. The van der Waals surface area contributed by atoms with Crippen molar-refractivity contribution in [3.63, 3.8) is 0 Å². The molecule has 1 unspecified atom stereocenters. The Labute approximate surface area is 174 Å². The molecule has 3 aromatic carbocycles. The molecule has 3 rings (SSSR count). The number of esters is 1. The first-order valence-electron chi connectivity index (χ1n) is 10.3. The molecule has 0 heterocycles. The lowest BCUT2D eigenvalue weighted by Gasteiger charge is -2.42. The highest BCUT2D eigenvalue weighted by Gasteiger charge is 2.45. The van der Waals surface area contributed by atoms with Crippen molar-refractivity contribution >= 4 is 5.97 Å². The first-order chi connectivity index (χ1) is 14.2. The van der Waals surface area contributed by atoms with Crippen LogP contribution in [0.1, 0.15) is 37.0 Å². The van der Waals surface area contributed by atoms with Gasteiger partial charge in [0.25, 0.3) is 0 Å². The van der Waals surface area contributed by atoms with Crippen LogP contribution in [0.4, 0.5) is 0 Å². The van der Waals surface area contributed by atoms with Gasteiger partial charge in [0.1, 0.15) is 5.54 Å². The Morgan fingerprint density at radius 3 is 1.62 bits per heavy atom. The van der Waals surface area contributed by atoms with Gasteiger partial charge in [0.2, 0.25) is 0 Å². The molecule has 0 saturated heterocycles. The number of nitrogens with zero attached hydrogens (tertiary/aromatic N) is 1. The molecule has 0 spiro atoms. The van der Waals surface area contributed by atoms with E-state index in [1.54, 1.807) is 0 Å². The third kappa shape index (κ3) is 4.75. The van der Waals surface area contributed by atoms with Gasteiger partial charge in [0.05, 0.1) is 6.61 Å². The van der Waals surface area contributed by atoms with Gasteiger partial charge in [-0.2, -0.15) is 0 Å². The zero-order valence-electron chi connectivity index (χ0n) is 17.3. The molecule has 0 saturated carbocycles. The summed E-state index contributed by atoms with van der Waals surface area (Å²) in [6, 6.07) is 30.6. The number of rotatable bonds is 9. The number of benzene rings is 3. The number of carbonyl (C=O) groups excluding carboxylic acids is 1. The minimum atomic E-state index is -0.858.